The molecule has 0 saturated carbocycles. The van der Waals surface area contributed by atoms with Gasteiger partial charge >= 0.3 is 0 Å². The maximum atomic E-state index is 6.19. The number of anilines is 2. The van der Waals surface area contributed by atoms with Gasteiger partial charge < -0.3 is 10.2 Å². The highest BCUT2D eigenvalue weighted by atomic mass is 127. The van der Waals surface area contributed by atoms with Crippen LogP contribution < -0.4 is 10.2 Å². The number of thiophene rings is 1. The first kappa shape index (κ1) is 15.4. The Bertz CT molecular complexity index is 654. The second kappa shape index (κ2) is 6.34. The van der Waals surface area contributed by atoms with Crippen LogP contribution in [-0.4, -0.2) is 14.1 Å². The molecule has 0 radical (unpaired) electrons. The zero-order chi connectivity index (χ0) is 15.0. The van der Waals surface area contributed by atoms with Crippen LogP contribution in [0.2, 0.25) is 5.02 Å². The summed E-state index contributed by atoms with van der Waals surface area (Å²) in [6, 6.07) is 8.78. The van der Waals surface area contributed by atoms with E-state index < -0.39 is 0 Å². The Hall–Kier alpha value is -0.460. The molecule has 2 nitrogen and oxygen atoms in total. The van der Waals surface area contributed by atoms with E-state index in [9.17, 15) is 0 Å². The van der Waals surface area contributed by atoms with Crippen LogP contribution in [0.5, 0.6) is 0 Å². The Morgan fingerprint density at radius 3 is 2.90 bits per heavy atom. The Labute approximate surface area is 148 Å². The van der Waals surface area contributed by atoms with Crippen LogP contribution in [0.1, 0.15) is 29.3 Å². The molecule has 1 N–H and O–H groups in total. The van der Waals surface area contributed by atoms with Gasteiger partial charge in [-0.3, -0.25) is 0 Å². The number of fused-ring (bicyclic) bond motifs is 1. The highest BCUT2D eigenvalue weighted by molar-refractivity contribution is 14.1. The van der Waals surface area contributed by atoms with Gasteiger partial charge in [0.25, 0.3) is 0 Å². The van der Waals surface area contributed by atoms with Crippen molar-refractivity contribution in [3.8, 4) is 0 Å². The largest absolute Gasteiger partial charge is 0.376 e. The Kier molecular flexibility index (Phi) is 4.66. The number of hydrogen-bond donors (Lipinski definition) is 1. The molecular weight excluding hydrogens is 415 g/mol. The second-order valence-corrected chi connectivity index (χ2v) is 9.04. The van der Waals surface area contributed by atoms with E-state index in [1.165, 1.54) is 38.3 Å². The van der Waals surface area contributed by atoms with Crippen LogP contribution in [0.25, 0.3) is 0 Å². The molecular formula is C16H18ClIN2S. The van der Waals surface area contributed by atoms with Crippen molar-refractivity contribution >= 4 is 56.9 Å². The predicted octanol–water partition coefficient (Wildman–Crippen LogP) is 5.56. The molecule has 1 atom stereocenters. The number of nitrogens with zero attached hydrogens (tertiary/aromatic N) is 1. The van der Waals surface area contributed by atoms with E-state index in [4.69, 9.17) is 11.6 Å². The fraction of sp³-hybridized carbons (Fsp3) is 0.375. The van der Waals surface area contributed by atoms with Gasteiger partial charge in [-0.1, -0.05) is 11.6 Å². The number of aryl methyl sites for hydroxylation is 1. The lowest BCUT2D eigenvalue weighted by atomic mass is 9.94. The van der Waals surface area contributed by atoms with E-state index in [2.05, 4.69) is 59.0 Å². The summed E-state index contributed by atoms with van der Waals surface area (Å²) in [4.78, 5) is 3.66. The van der Waals surface area contributed by atoms with E-state index >= 15 is 0 Å². The van der Waals surface area contributed by atoms with Crippen LogP contribution in [0.4, 0.5) is 11.4 Å². The van der Waals surface area contributed by atoms with Gasteiger partial charge in [0, 0.05) is 24.0 Å². The van der Waals surface area contributed by atoms with Crippen molar-refractivity contribution in [2.75, 3.05) is 24.3 Å². The molecule has 0 spiro atoms. The maximum absolute atomic E-state index is 6.19. The number of rotatable bonds is 3. The number of halogens is 2. The second-order valence-electron chi connectivity index (χ2n) is 5.57. The summed E-state index contributed by atoms with van der Waals surface area (Å²) in [5.41, 5.74) is 3.77. The number of nitrogens with one attached hydrogen (secondary N) is 1. The number of hydrogen-bond acceptors (Lipinski definition) is 3. The van der Waals surface area contributed by atoms with E-state index in [1.54, 1.807) is 0 Å². The molecule has 3 rings (SSSR count). The van der Waals surface area contributed by atoms with Crippen molar-refractivity contribution in [2.24, 2.45) is 0 Å². The van der Waals surface area contributed by atoms with Gasteiger partial charge in [0.1, 0.15) is 0 Å². The first-order chi connectivity index (χ1) is 10.0. The molecule has 0 aliphatic heterocycles. The average Bonchev–Trinajstić information content (AvgIpc) is 2.80. The minimum absolute atomic E-state index is 0.394. The third kappa shape index (κ3) is 3.32. The standard InChI is InChI=1S/C16H18ClIN2S/c1-20(2)14-7-6-10(17)8-13(14)19-12-4-3-5-15-11(12)9-16(18)21-15/h6-9,12,19H,3-5H2,1-2H3. The Morgan fingerprint density at radius 2 is 2.14 bits per heavy atom. The van der Waals surface area contributed by atoms with E-state index in [0.717, 1.165) is 10.7 Å². The molecule has 5 heteroatoms. The molecule has 1 aromatic carbocycles. The minimum atomic E-state index is 0.394. The normalized spacial score (nSPS) is 17.4. The van der Waals surface area contributed by atoms with Crippen LogP contribution >= 0.6 is 45.5 Å². The van der Waals surface area contributed by atoms with E-state index in [1.807, 2.05) is 23.5 Å². The molecule has 0 fully saturated rings. The first-order valence-corrected chi connectivity index (χ1v) is 9.33. The van der Waals surface area contributed by atoms with Crippen molar-refractivity contribution < 1.29 is 0 Å². The SMILES string of the molecule is CN(C)c1ccc(Cl)cc1NC1CCCc2sc(I)cc21. The van der Waals surface area contributed by atoms with Gasteiger partial charge in [0.15, 0.2) is 0 Å². The molecule has 1 aliphatic carbocycles. The fourth-order valence-electron chi connectivity index (χ4n) is 2.87. The molecule has 2 aromatic rings. The average molecular weight is 433 g/mol. The summed E-state index contributed by atoms with van der Waals surface area (Å²) in [7, 11) is 4.13. The summed E-state index contributed by atoms with van der Waals surface area (Å²) in [5, 5.41) is 4.50. The summed E-state index contributed by atoms with van der Waals surface area (Å²) >= 11 is 10.5. The van der Waals surface area contributed by atoms with Gasteiger partial charge in [-0.15, -0.1) is 11.3 Å². The summed E-state index contributed by atoms with van der Waals surface area (Å²) < 4.78 is 1.38. The topological polar surface area (TPSA) is 15.3 Å². The smallest absolute Gasteiger partial charge is 0.0660 e. The maximum Gasteiger partial charge on any atom is 0.0660 e. The van der Waals surface area contributed by atoms with Gasteiger partial charge in [-0.25, -0.2) is 0 Å². The molecule has 0 saturated heterocycles. The molecule has 0 bridgehead atoms. The third-order valence-electron chi connectivity index (χ3n) is 3.85. The lowest BCUT2D eigenvalue weighted by Gasteiger charge is -2.27. The molecule has 0 amide bonds. The molecule has 1 aliphatic rings. The van der Waals surface area contributed by atoms with Gasteiger partial charge in [-0.2, -0.15) is 0 Å². The zero-order valence-electron chi connectivity index (χ0n) is 12.1. The molecule has 112 valence electrons. The molecule has 21 heavy (non-hydrogen) atoms. The predicted molar refractivity (Wildman–Crippen MR) is 102 cm³/mol. The number of benzene rings is 1. The van der Waals surface area contributed by atoms with Crippen molar-refractivity contribution in [1.29, 1.82) is 0 Å². The van der Waals surface area contributed by atoms with Crippen LogP contribution in [0.15, 0.2) is 24.3 Å². The summed E-state index contributed by atoms with van der Waals surface area (Å²) in [6.07, 6.45) is 3.65. The third-order valence-corrected chi connectivity index (χ3v) is 6.06. The van der Waals surface area contributed by atoms with Gasteiger partial charge in [0.2, 0.25) is 0 Å². The fourth-order valence-corrected chi connectivity index (χ4v) is 5.16. The summed E-state index contributed by atoms with van der Waals surface area (Å²) in [5.74, 6) is 0. The van der Waals surface area contributed by atoms with E-state index in [-0.39, 0.29) is 0 Å². The Morgan fingerprint density at radius 1 is 1.33 bits per heavy atom. The van der Waals surface area contributed by atoms with Crippen LogP contribution in [0.3, 0.4) is 0 Å². The highest BCUT2D eigenvalue weighted by Crippen LogP contribution is 2.40. The molecule has 1 heterocycles. The van der Waals surface area contributed by atoms with Crippen molar-refractivity contribution in [3.05, 3.63) is 42.6 Å². The lowest BCUT2D eigenvalue weighted by Crippen LogP contribution is -2.18. The highest BCUT2D eigenvalue weighted by Gasteiger charge is 2.23. The van der Waals surface area contributed by atoms with Gasteiger partial charge in [0.05, 0.1) is 20.3 Å². The Balaban J connectivity index is 1.92. The lowest BCUT2D eigenvalue weighted by molar-refractivity contribution is 0.609. The van der Waals surface area contributed by atoms with Crippen molar-refractivity contribution in [1.82, 2.24) is 0 Å². The van der Waals surface area contributed by atoms with Crippen LogP contribution in [-0.2, 0) is 6.42 Å². The molecule has 1 unspecified atom stereocenters. The quantitative estimate of drug-likeness (QED) is 0.639. The van der Waals surface area contributed by atoms with Crippen molar-refractivity contribution in [2.45, 2.75) is 25.3 Å². The summed E-state index contributed by atoms with van der Waals surface area (Å²) in [6.45, 7) is 0. The minimum Gasteiger partial charge on any atom is -0.376 e. The van der Waals surface area contributed by atoms with Gasteiger partial charge in [-0.05, 0) is 71.7 Å². The zero-order valence-corrected chi connectivity index (χ0v) is 15.8. The van der Waals surface area contributed by atoms with Crippen molar-refractivity contribution in [3.63, 3.8) is 0 Å². The van der Waals surface area contributed by atoms with E-state index in [0.29, 0.717) is 6.04 Å². The van der Waals surface area contributed by atoms with Crippen LogP contribution in [0, 0.1) is 2.88 Å². The monoisotopic (exact) mass is 432 g/mol. The first-order valence-electron chi connectivity index (χ1n) is 7.06. The molecule has 1 aromatic heterocycles.